The van der Waals surface area contributed by atoms with Crippen LogP contribution in [0.2, 0.25) is 0 Å². The number of rotatable bonds is 9. The molecule has 1 rings (SSSR count). The predicted octanol–water partition coefficient (Wildman–Crippen LogP) is 4.71. The molecular weight excluding hydrogens is 290 g/mol. The Bertz CT molecular complexity index is 515. The third-order valence-corrected chi connectivity index (χ3v) is 4.12. The molecule has 4 heteroatoms. The third-order valence-electron chi connectivity index (χ3n) is 4.12. The monoisotopic (exact) mass is 321 g/mol. The Morgan fingerprint density at radius 3 is 2.52 bits per heavy atom. The minimum atomic E-state index is -0.796. The van der Waals surface area contributed by atoms with Gasteiger partial charge in [-0.25, -0.2) is 0 Å². The van der Waals surface area contributed by atoms with Crippen LogP contribution >= 0.6 is 0 Å². The van der Waals surface area contributed by atoms with Crippen molar-refractivity contribution in [1.29, 1.82) is 0 Å². The van der Waals surface area contributed by atoms with Crippen LogP contribution in [-0.4, -0.2) is 24.2 Å². The molecule has 4 nitrogen and oxygen atoms in total. The molecule has 0 fully saturated rings. The van der Waals surface area contributed by atoms with Crippen LogP contribution in [0.1, 0.15) is 59.4 Å². The largest absolute Gasteiger partial charge is 0.490 e. The number of anilines is 1. The van der Waals surface area contributed by atoms with Crippen LogP contribution in [0.4, 0.5) is 5.69 Å². The van der Waals surface area contributed by atoms with Crippen LogP contribution in [0, 0.1) is 6.92 Å². The lowest BCUT2D eigenvalue weighted by atomic mass is 10.0. The van der Waals surface area contributed by atoms with Gasteiger partial charge in [-0.05, 0) is 63.8 Å². The van der Waals surface area contributed by atoms with E-state index in [1.165, 1.54) is 0 Å². The van der Waals surface area contributed by atoms with Gasteiger partial charge in [0.05, 0.1) is 6.10 Å². The van der Waals surface area contributed by atoms with Gasteiger partial charge < -0.3 is 14.8 Å². The van der Waals surface area contributed by atoms with E-state index in [0.717, 1.165) is 29.8 Å². The molecular formula is C19H31NO3. The molecule has 1 aromatic carbocycles. The minimum absolute atomic E-state index is 0.108. The highest BCUT2D eigenvalue weighted by atomic mass is 16.5. The van der Waals surface area contributed by atoms with Gasteiger partial charge in [-0.2, -0.15) is 0 Å². The van der Waals surface area contributed by atoms with Crippen molar-refractivity contribution < 1.29 is 14.3 Å². The Kier molecular flexibility index (Phi) is 7.56. The van der Waals surface area contributed by atoms with Crippen molar-refractivity contribution in [2.24, 2.45) is 0 Å². The summed E-state index contributed by atoms with van der Waals surface area (Å²) < 4.78 is 11.6. The molecule has 0 spiro atoms. The fourth-order valence-corrected chi connectivity index (χ4v) is 2.08. The standard InChI is InChI=1S/C19H31NO3/c1-7-12-22-19(6,9-3)18(21)20-16-10-11-17(14(4)13-16)23-15(5)8-2/h10-11,13,15H,7-9,12H2,1-6H3,(H,20,21)/t15-,19-/m0/s1. The lowest BCUT2D eigenvalue weighted by molar-refractivity contribution is -0.139. The molecule has 1 N–H and O–H groups in total. The topological polar surface area (TPSA) is 47.6 Å². The first-order valence-corrected chi connectivity index (χ1v) is 8.59. The van der Waals surface area contributed by atoms with Gasteiger partial charge in [0.1, 0.15) is 11.4 Å². The van der Waals surface area contributed by atoms with E-state index >= 15 is 0 Å². The highest BCUT2D eigenvalue weighted by Gasteiger charge is 2.32. The molecule has 0 radical (unpaired) electrons. The van der Waals surface area contributed by atoms with Crippen molar-refractivity contribution in [3.63, 3.8) is 0 Å². The van der Waals surface area contributed by atoms with E-state index in [4.69, 9.17) is 9.47 Å². The van der Waals surface area contributed by atoms with E-state index < -0.39 is 5.60 Å². The van der Waals surface area contributed by atoms with Gasteiger partial charge in [-0.15, -0.1) is 0 Å². The Labute approximate surface area is 140 Å². The molecule has 0 aliphatic carbocycles. The van der Waals surface area contributed by atoms with Crippen molar-refractivity contribution in [3.05, 3.63) is 23.8 Å². The summed E-state index contributed by atoms with van der Waals surface area (Å²) in [5, 5.41) is 2.96. The van der Waals surface area contributed by atoms with Crippen molar-refractivity contribution in [3.8, 4) is 5.75 Å². The van der Waals surface area contributed by atoms with Gasteiger partial charge in [0.2, 0.25) is 0 Å². The van der Waals surface area contributed by atoms with Gasteiger partial charge in [0, 0.05) is 12.3 Å². The average Bonchev–Trinajstić information content (AvgIpc) is 2.54. The predicted molar refractivity (Wildman–Crippen MR) is 95.1 cm³/mol. The molecule has 1 aromatic rings. The normalized spacial score (nSPS) is 14.9. The molecule has 0 aromatic heterocycles. The van der Waals surface area contributed by atoms with Gasteiger partial charge in [0.25, 0.3) is 5.91 Å². The first-order valence-electron chi connectivity index (χ1n) is 8.59. The lowest BCUT2D eigenvalue weighted by Gasteiger charge is -2.27. The summed E-state index contributed by atoms with van der Waals surface area (Å²) >= 11 is 0. The molecule has 0 saturated heterocycles. The van der Waals surface area contributed by atoms with Crippen LogP contribution in [0.25, 0.3) is 0 Å². The molecule has 0 saturated carbocycles. The number of amides is 1. The molecule has 0 heterocycles. The van der Waals surface area contributed by atoms with Crippen molar-refractivity contribution in [2.45, 2.75) is 72.5 Å². The van der Waals surface area contributed by atoms with Crippen LogP contribution in [-0.2, 0) is 9.53 Å². The number of ether oxygens (including phenoxy) is 2. The zero-order valence-electron chi connectivity index (χ0n) is 15.4. The fourth-order valence-electron chi connectivity index (χ4n) is 2.08. The summed E-state index contributed by atoms with van der Waals surface area (Å²) in [6.07, 6.45) is 2.66. The van der Waals surface area contributed by atoms with E-state index in [2.05, 4.69) is 12.2 Å². The highest BCUT2D eigenvalue weighted by Crippen LogP contribution is 2.25. The van der Waals surface area contributed by atoms with E-state index in [-0.39, 0.29) is 12.0 Å². The maximum absolute atomic E-state index is 12.5. The average molecular weight is 321 g/mol. The second-order valence-electron chi connectivity index (χ2n) is 6.20. The van der Waals surface area contributed by atoms with E-state index in [0.29, 0.717) is 13.0 Å². The van der Waals surface area contributed by atoms with Crippen molar-refractivity contribution >= 4 is 11.6 Å². The van der Waals surface area contributed by atoms with E-state index in [1.54, 1.807) is 0 Å². The third kappa shape index (κ3) is 5.54. The Morgan fingerprint density at radius 1 is 1.30 bits per heavy atom. The second kappa shape index (κ2) is 8.92. The summed E-state index contributed by atoms with van der Waals surface area (Å²) in [6.45, 7) is 12.5. The fraction of sp³-hybridized carbons (Fsp3) is 0.632. The molecule has 2 atom stereocenters. The quantitative estimate of drug-likeness (QED) is 0.717. The SMILES string of the molecule is CCCO[C@@](C)(CC)C(=O)Nc1ccc(O[C@@H](C)CC)c(C)c1. The number of hydrogen-bond donors (Lipinski definition) is 1. The second-order valence-corrected chi connectivity index (χ2v) is 6.20. The molecule has 0 aliphatic rings. The van der Waals surface area contributed by atoms with Gasteiger partial charge in [0.15, 0.2) is 0 Å². The summed E-state index contributed by atoms with van der Waals surface area (Å²) in [4.78, 5) is 12.5. The highest BCUT2D eigenvalue weighted by molar-refractivity contribution is 5.97. The molecule has 0 bridgehead atoms. The first kappa shape index (κ1) is 19.5. The molecule has 1 amide bonds. The van der Waals surface area contributed by atoms with Gasteiger partial charge in [-0.1, -0.05) is 20.8 Å². The number of aryl methyl sites for hydroxylation is 1. The zero-order valence-corrected chi connectivity index (χ0v) is 15.4. The minimum Gasteiger partial charge on any atom is -0.490 e. The Hall–Kier alpha value is -1.55. The summed E-state index contributed by atoms with van der Waals surface area (Å²) in [6, 6.07) is 5.72. The molecule has 0 unspecified atom stereocenters. The maximum Gasteiger partial charge on any atom is 0.256 e. The van der Waals surface area contributed by atoms with Crippen LogP contribution < -0.4 is 10.1 Å². The van der Waals surface area contributed by atoms with Crippen molar-refractivity contribution in [1.82, 2.24) is 0 Å². The Morgan fingerprint density at radius 2 is 2.00 bits per heavy atom. The summed E-state index contributed by atoms with van der Waals surface area (Å²) in [5.41, 5.74) is 0.982. The Balaban J connectivity index is 2.80. The molecule has 23 heavy (non-hydrogen) atoms. The van der Waals surface area contributed by atoms with E-state index in [9.17, 15) is 4.79 Å². The smallest absolute Gasteiger partial charge is 0.256 e. The maximum atomic E-state index is 12.5. The summed E-state index contributed by atoms with van der Waals surface area (Å²) in [7, 11) is 0. The van der Waals surface area contributed by atoms with Crippen LogP contribution in [0.15, 0.2) is 18.2 Å². The number of benzene rings is 1. The number of hydrogen-bond acceptors (Lipinski definition) is 3. The number of carbonyl (C=O) groups is 1. The van der Waals surface area contributed by atoms with Gasteiger partial charge in [-0.3, -0.25) is 4.79 Å². The molecule has 130 valence electrons. The van der Waals surface area contributed by atoms with E-state index in [1.807, 2.05) is 52.8 Å². The van der Waals surface area contributed by atoms with Gasteiger partial charge >= 0.3 is 0 Å². The number of carbonyl (C=O) groups excluding carboxylic acids is 1. The number of nitrogens with one attached hydrogen (secondary N) is 1. The van der Waals surface area contributed by atoms with Crippen LogP contribution in [0.5, 0.6) is 5.75 Å². The molecule has 0 aliphatic heterocycles. The zero-order chi connectivity index (χ0) is 17.5. The first-order chi connectivity index (χ1) is 10.9. The van der Waals surface area contributed by atoms with Crippen molar-refractivity contribution in [2.75, 3.05) is 11.9 Å². The van der Waals surface area contributed by atoms with Crippen LogP contribution in [0.3, 0.4) is 0 Å². The summed E-state index contributed by atoms with van der Waals surface area (Å²) in [5.74, 6) is 0.751. The lowest BCUT2D eigenvalue weighted by Crippen LogP contribution is -2.42.